The van der Waals surface area contributed by atoms with Gasteiger partial charge in [-0.2, -0.15) is 0 Å². The molecule has 0 radical (unpaired) electrons. The second-order valence-electron chi connectivity index (χ2n) is 6.52. The van der Waals surface area contributed by atoms with Gasteiger partial charge in [0.25, 0.3) is 0 Å². The van der Waals surface area contributed by atoms with E-state index in [0.29, 0.717) is 5.54 Å². The summed E-state index contributed by atoms with van der Waals surface area (Å²) in [6.07, 6.45) is 7.00. The van der Waals surface area contributed by atoms with E-state index in [1.807, 2.05) is 0 Å². The molecule has 0 aromatic heterocycles. The van der Waals surface area contributed by atoms with Crippen LogP contribution in [0.2, 0.25) is 0 Å². The lowest BCUT2D eigenvalue weighted by atomic mass is 9.76. The minimum Gasteiger partial charge on any atom is -0.329 e. The third-order valence-corrected chi connectivity index (χ3v) is 5.76. The number of piperidine rings is 1. The summed E-state index contributed by atoms with van der Waals surface area (Å²) < 4.78 is 0. The Bertz CT molecular complexity index is 277. The van der Waals surface area contributed by atoms with E-state index in [-0.39, 0.29) is 0 Å². The number of nitrogens with zero attached hydrogens (tertiary/aromatic N) is 2. The van der Waals surface area contributed by atoms with Gasteiger partial charge in [0, 0.05) is 25.2 Å². The van der Waals surface area contributed by atoms with Gasteiger partial charge in [0.2, 0.25) is 0 Å². The average molecular weight is 237 g/mol. The Morgan fingerprint density at radius 2 is 2.12 bits per heavy atom. The Morgan fingerprint density at radius 1 is 1.29 bits per heavy atom. The fourth-order valence-corrected chi connectivity index (χ4v) is 4.20. The fraction of sp³-hybridized carbons (Fsp3) is 1.00. The number of likely N-dealkylation sites (N-methyl/N-ethyl adjacent to an activating group) is 1. The van der Waals surface area contributed by atoms with Crippen molar-refractivity contribution in [2.24, 2.45) is 17.6 Å². The Morgan fingerprint density at radius 3 is 2.76 bits per heavy atom. The van der Waals surface area contributed by atoms with Gasteiger partial charge < -0.3 is 10.6 Å². The molecule has 3 rings (SSSR count). The number of hydrogen-bond donors (Lipinski definition) is 1. The molecule has 3 atom stereocenters. The van der Waals surface area contributed by atoms with E-state index in [2.05, 4.69) is 16.8 Å². The van der Waals surface area contributed by atoms with Crippen molar-refractivity contribution in [3.63, 3.8) is 0 Å². The van der Waals surface area contributed by atoms with Crippen molar-refractivity contribution in [3.8, 4) is 0 Å². The van der Waals surface area contributed by atoms with Crippen molar-refractivity contribution in [3.05, 3.63) is 0 Å². The zero-order valence-electron chi connectivity index (χ0n) is 11.2. The Kier molecular flexibility index (Phi) is 3.18. The molecule has 0 amide bonds. The molecule has 2 aliphatic heterocycles. The van der Waals surface area contributed by atoms with Crippen LogP contribution in [0, 0.1) is 11.8 Å². The lowest BCUT2D eigenvalue weighted by Gasteiger charge is -2.50. The van der Waals surface area contributed by atoms with Gasteiger partial charge in [-0.05, 0) is 57.7 Å². The predicted octanol–water partition coefficient (Wildman–Crippen LogP) is 1.14. The normalized spacial score (nSPS) is 41.8. The molecule has 0 aromatic carbocycles. The van der Waals surface area contributed by atoms with E-state index in [1.165, 1.54) is 58.3 Å². The summed E-state index contributed by atoms with van der Waals surface area (Å²) in [5, 5.41) is 0. The highest BCUT2D eigenvalue weighted by atomic mass is 15.3. The topological polar surface area (TPSA) is 32.5 Å². The summed E-state index contributed by atoms with van der Waals surface area (Å²) in [7, 11) is 2.33. The zero-order chi connectivity index (χ0) is 11.9. The maximum absolute atomic E-state index is 6.20. The molecule has 0 aromatic rings. The molecule has 2 saturated heterocycles. The summed E-state index contributed by atoms with van der Waals surface area (Å²) in [6, 6.07) is 0. The Balaban J connectivity index is 1.70. The first-order valence-corrected chi connectivity index (χ1v) is 7.38. The highest BCUT2D eigenvalue weighted by Crippen LogP contribution is 2.40. The van der Waals surface area contributed by atoms with Crippen molar-refractivity contribution in [1.29, 1.82) is 0 Å². The van der Waals surface area contributed by atoms with Crippen LogP contribution in [0.5, 0.6) is 0 Å². The van der Waals surface area contributed by atoms with Crippen LogP contribution in [0.1, 0.15) is 32.1 Å². The first kappa shape index (κ1) is 11.9. The van der Waals surface area contributed by atoms with Crippen molar-refractivity contribution >= 4 is 0 Å². The van der Waals surface area contributed by atoms with Gasteiger partial charge in [-0.15, -0.1) is 0 Å². The molecule has 1 saturated carbocycles. The number of fused-ring (bicyclic) bond motifs is 2. The Labute approximate surface area is 105 Å². The molecule has 2 N–H and O–H groups in total. The molecule has 3 heteroatoms. The quantitative estimate of drug-likeness (QED) is 0.796. The summed E-state index contributed by atoms with van der Waals surface area (Å²) in [4.78, 5) is 5.26. The highest BCUT2D eigenvalue weighted by molar-refractivity contribution is 5.04. The fourth-order valence-electron chi connectivity index (χ4n) is 4.20. The van der Waals surface area contributed by atoms with Crippen LogP contribution >= 0.6 is 0 Å². The van der Waals surface area contributed by atoms with E-state index >= 15 is 0 Å². The van der Waals surface area contributed by atoms with Gasteiger partial charge >= 0.3 is 0 Å². The van der Waals surface area contributed by atoms with Gasteiger partial charge in [0.15, 0.2) is 0 Å². The SMILES string of the molecule is CN(CC1CCC1)C1(CN)CCN2CCC1C2. The second-order valence-corrected chi connectivity index (χ2v) is 6.52. The lowest BCUT2D eigenvalue weighted by Crippen LogP contribution is -2.62. The van der Waals surface area contributed by atoms with E-state index in [1.54, 1.807) is 0 Å². The van der Waals surface area contributed by atoms with Crippen LogP contribution in [-0.2, 0) is 0 Å². The van der Waals surface area contributed by atoms with Crippen LogP contribution in [0.15, 0.2) is 0 Å². The summed E-state index contributed by atoms with van der Waals surface area (Å²) in [6.45, 7) is 6.01. The number of rotatable bonds is 4. The van der Waals surface area contributed by atoms with Gasteiger partial charge in [-0.25, -0.2) is 0 Å². The molecule has 3 aliphatic rings. The second kappa shape index (κ2) is 4.52. The molecular formula is C14H27N3. The molecule has 3 fully saturated rings. The van der Waals surface area contributed by atoms with Gasteiger partial charge in [-0.3, -0.25) is 4.90 Å². The van der Waals surface area contributed by atoms with Crippen molar-refractivity contribution in [2.45, 2.75) is 37.6 Å². The van der Waals surface area contributed by atoms with Crippen molar-refractivity contribution in [2.75, 3.05) is 39.8 Å². The number of nitrogens with two attached hydrogens (primary N) is 1. The summed E-state index contributed by atoms with van der Waals surface area (Å²) in [5.74, 6) is 1.79. The monoisotopic (exact) mass is 237 g/mol. The van der Waals surface area contributed by atoms with Crippen molar-refractivity contribution < 1.29 is 0 Å². The minimum absolute atomic E-state index is 0.322. The van der Waals surface area contributed by atoms with E-state index in [4.69, 9.17) is 5.73 Å². The average Bonchev–Trinajstić information content (AvgIpc) is 2.69. The minimum atomic E-state index is 0.322. The zero-order valence-corrected chi connectivity index (χ0v) is 11.2. The predicted molar refractivity (Wildman–Crippen MR) is 70.9 cm³/mol. The van der Waals surface area contributed by atoms with Crippen LogP contribution in [0.25, 0.3) is 0 Å². The lowest BCUT2D eigenvalue weighted by molar-refractivity contribution is 0.00826. The van der Waals surface area contributed by atoms with Crippen LogP contribution in [0.3, 0.4) is 0 Å². The molecule has 1 aliphatic carbocycles. The molecular weight excluding hydrogens is 210 g/mol. The van der Waals surface area contributed by atoms with Gasteiger partial charge in [-0.1, -0.05) is 6.42 Å². The summed E-state index contributed by atoms with van der Waals surface area (Å²) in [5.41, 5.74) is 6.52. The Hall–Kier alpha value is -0.120. The first-order valence-electron chi connectivity index (χ1n) is 7.38. The third kappa shape index (κ3) is 1.92. The third-order valence-electron chi connectivity index (χ3n) is 5.76. The van der Waals surface area contributed by atoms with Crippen molar-refractivity contribution in [1.82, 2.24) is 9.80 Å². The van der Waals surface area contributed by atoms with E-state index in [0.717, 1.165) is 18.4 Å². The van der Waals surface area contributed by atoms with E-state index in [9.17, 15) is 0 Å². The molecule has 2 bridgehead atoms. The van der Waals surface area contributed by atoms with Gasteiger partial charge in [0.1, 0.15) is 0 Å². The largest absolute Gasteiger partial charge is 0.329 e. The van der Waals surface area contributed by atoms with Crippen LogP contribution in [-0.4, -0.2) is 55.1 Å². The maximum atomic E-state index is 6.20. The molecule has 2 heterocycles. The van der Waals surface area contributed by atoms with E-state index < -0.39 is 0 Å². The standard InChI is InChI=1S/C14H27N3/c1-16(9-12-3-2-4-12)14(11-15)6-8-17-7-5-13(14)10-17/h12-13H,2-11,15H2,1H3. The maximum Gasteiger partial charge on any atom is 0.0381 e. The first-order chi connectivity index (χ1) is 8.24. The molecule has 3 unspecified atom stereocenters. The molecule has 0 spiro atoms. The smallest absolute Gasteiger partial charge is 0.0381 e. The number of hydrogen-bond acceptors (Lipinski definition) is 3. The molecule has 98 valence electrons. The molecule has 17 heavy (non-hydrogen) atoms. The summed E-state index contributed by atoms with van der Waals surface area (Å²) >= 11 is 0. The highest BCUT2D eigenvalue weighted by Gasteiger charge is 2.48. The van der Waals surface area contributed by atoms with Gasteiger partial charge in [0.05, 0.1) is 0 Å². The van der Waals surface area contributed by atoms with Crippen LogP contribution < -0.4 is 5.73 Å². The van der Waals surface area contributed by atoms with Crippen LogP contribution in [0.4, 0.5) is 0 Å². The molecule has 3 nitrogen and oxygen atoms in total.